The van der Waals surface area contributed by atoms with Crippen LogP contribution in [0.25, 0.3) is 0 Å². The Hall–Kier alpha value is -2.81. The van der Waals surface area contributed by atoms with E-state index < -0.39 is 0 Å². The molecule has 0 aliphatic rings. The first-order valence-electron chi connectivity index (χ1n) is 7.22. The zero-order valence-electron chi connectivity index (χ0n) is 12.4. The SMILES string of the molecule is Cc1ccc(C(=O)Nc2ccccc2Cc2ccccc2)o1. The Morgan fingerprint density at radius 1 is 0.955 bits per heavy atom. The number of anilines is 1. The maximum absolute atomic E-state index is 12.2. The van der Waals surface area contributed by atoms with E-state index in [0.717, 1.165) is 23.4 Å². The third-order valence-corrected chi connectivity index (χ3v) is 3.47. The molecule has 0 aliphatic carbocycles. The van der Waals surface area contributed by atoms with Gasteiger partial charge in [0.1, 0.15) is 5.76 Å². The highest BCUT2D eigenvalue weighted by Gasteiger charge is 2.12. The lowest BCUT2D eigenvalue weighted by Crippen LogP contribution is -2.12. The highest BCUT2D eigenvalue weighted by atomic mass is 16.3. The second kappa shape index (κ2) is 6.31. The van der Waals surface area contributed by atoms with Crippen molar-refractivity contribution in [3.05, 3.63) is 89.4 Å². The summed E-state index contributed by atoms with van der Waals surface area (Å²) in [5.74, 6) is 0.823. The molecule has 0 fully saturated rings. The molecule has 0 saturated heterocycles. The summed E-state index contributed by atoms with van der Waals surface area (Å²) < 4.78 is 5.36. The van der Waals surface area contributed by atoms with Gasteiger partial charge in [0.05, 0.1) is 0 Å². The molecule has 3 aromatic rings. The molecule has 22 heavy (non-hydrogen) atoms. The molecule has 0 atom stereocenters. The molecule has 0 radical (unpaired) electrons. The molecule has 1 N–H and O–H groups in total. The van der Waals surface area contributed by atoms with Crippen molar-refractivity contribution < 1.29 is 9.21 Å². The van der Waals surface area contributed by atoms with Crippen LogP contribution in [0.15, 0.2) is 71.1 Å². The van der Waals surface area contributed by atoms with E-state index >= 15 is 0 Å². The molecule has 1 amide bonds. The Bertz CT molecular complexity index is 775. The monoisotopic (exact) mass is 291 g/mol. The van der Waals surface area contributed by atoms with Crippen LogP contribution in [0.4, 0.5) is 5.69 Å². The normalized spacial score (nSPS) is 10.4. The highest BCUT2D eigenvalue weighted by Crippen LogP contribution is 2.20. The predicted molar refractivity (Wildman–Crippen MR) is 87.1 cm³/mol. The van der Waals surface area contributed by atoms with Gasteiger partial charge >= 0.3 is 0 Å². The van der Waals surface area contributed by atoms with E-state index in [1.165, 1.54) is 5.56 Å². The summed E-state index contributed by atoms with van der Waals surface area (Å²) in [6.45, 7) is 1.82. The topological polar surface area (TPSA) is 42.2 Å². The van der Waals surface area contributed by atoms with Crippen LogP contribution in [0.5, 0.6) is 0 Å². The van der Waals surface area contributed by atoms with Gasteiger partial charge in [-0.3, -0.25) is 4.79 Å². The minimum Gasteiger partial charge on any atom is -0.456 e. The van der Waals surface area contributed by atoms with E-state index in [4.69, 9.17) is 4.42 Å². The van der Waals surface area contributed by atoms with Crippen LogP contribution in [0.2, 0.25) is 0 Å². The van der Waals surface area contributed by atoms with Gasteiger partial charge in [0.15, 0.2) is 5.76 Å². The zero-order valence-corrected chi connectivity index (χ0v) is 12.4. The second-order valence-electron chi connectivity index (χ2n) is 5.18. The smallest absolute Gasteiger partial charge is 0.291 e. The molecule has 1 heterocycles. The van der Waals surface area contributed by atoms with Gasteiger partial charge in [-0.05, 0) is 42.7 Å². The fourth-order valence-corrected chi connectivity index (χ4v) is 2.35. The van der Waals surface area contributed by atoms with Crippen molar-refractivity contribution in [1.82, 2.24) is 0 Å². The molecule has 2 aromatic carbocycles. The summed E-state index contributed by atoms with van der Waals surface area (Å²) in [6.07, 6.45) is 0.772. The average molecular weight is 291 g/mol. The maximum atomic E-state index is 12.2. The maximum Gasteiger partial charge on any atom is 0.291 e. The summed E-state index contributed by atoms with van der Waals surface area (Å²) >= 11 is 0. The molecule has 0 aliphatic heterocycles. The molecule has 3 nitrogen and oxygen atoms in total. The Balaban J connectivity index is 1.81. The van der Waals surface area contributed by atoms with Crippen molar-refractivity contribution in [2.24, 2.45) is 0 Å². The van der Waals surface area contributed by atoms with Crippen molar-refractivity contribution in [2.45, 2.75) is 13.3 Å². The van der Waals surface area contributed by atoms with Gasteiger partial charge in [-0.25, -0.2) is 0 Å². The predicted octanol–water partition coefficient (Wildman–Crippen LogP) is 4.43. The number of hydrogen-bond donors (Lipinski definition) is 1. The van der Waals surface area contributed by atoms with Gasteiger partial charge in [0.2, 0.25) is 0 Å². The van der Waals surface area contributed by atoms with Gasteiger partial charge in [-0.1, -0.05) is 48.5 Å². The summed E-state index contributed by atoms with van der Waals surface area (Å²) in [5, 5.41) is 2.93. The van der Waals surface area contributed by atoms with Gasteiger partial charge in [0.25, 0.3) is 5.91 Å². The molecule has 3 heteroatoms. The van der Waals surface area contributed by atoms with E-state index in [0.29, 0.717) is 5.76 Å². The van der Waals surface area contributed by atoms with E-state index in [1.54, 1.807) is 12.1 Å². The number of nitrogens with one attached hydrogen (secondary N) is 1. The summed E-state index contributed by atoms with van der Waals surface area (Å²) in [7, 11) is 0. The van der Waals surface area contributed by atoms with Crippen LogP contribution in [0.1, 0.15) is 27.4 Å². The van der Waals surface area contributed by atoms with Crippen molar-refractivity contribution in [2.75, 3.05) is 5.32 Å². The Labute approximate surface area is 129 Å². The van der Waals surface area contributed by atoms with Crippen molar-refractivity contribution in [3.8, 4) is 0 Å². The third kappa shape index (κ3) is 3.26. The Morgan fingerprint density at radius 3 is 2.41 bits per heavy atom. The third-order valence-electron chi connectivity index (χ3n) is 3.47. The number of carbonyl (C=O) groups is 1. The van der Waals surface area contributed by atoms with Crippen LogP contribution in [-0.4, -0.2) is 5.91 Å². The van der Waals surface area contributed by atoms with Crippen LogP contribution < -0.4 is 5.32 Å². The molecule has 0 bridgehead atoms. The van der Waals surface area contributed by atoms with Crippen molar-refractivity contribution >= 4 is 11.6 Å². The fourth-order valence-electron chi connectivity index (χ4n) is 2.35. The summed E-state index contributed by atoms with van der Waals surface area (Å²) in [6, 6.07) is 21.5. The van der Waals surface area contributed by atoms with Crippen LogP contribution in [0.3, 0.4) is 0 Å². The first-order chi connectivity index (χ1) is 10.7. The van der Waals surface area contributed by atoms with Crippen LogP contribution in [0, 0.1) is 6.92 Å². The molecule has 0 spiro atoms. The number of benzene rings is 2. The highest BCUT2D eigenvalue weighted by molar-refractivity contribution is 6.02. The van der Waals surface area contributed by atoms with Gasteiger partial charge in [0, 0.05) is 5.69 Å². The van der Waals surface area contributed by atoms with Crippen molar-refractivity contribution in [1.29, 1.82) is 0 Å². The zero-order chi connectivity index (χ0) is 15.4. The number of carbonyl (C=O) groups excluding carboxylic acids is 1. The first-order valence-corrected chi connectivity index (χ1v) is 7.22. The number of furan rings is 1. The van der Waals surface area contributed by atoms with Crippen LogP contribution in [-0.2, 0) is 6.42 Å². The van der Waals surface area contributed by atoms with E-state index in [-0.39, 0.29) is 5.91 Å². The quantitative estimate of drug-likeness (QED) is 0.772. The van der Waals surface area contributed by atoms with Crippen molar-refractivity contribution in [3.63, 3.8) is 0 Å². The molecule has 110 valence electrons. The molecule has 0 unspecified atom stereocenters. The lowest BCUT2D eigenvalue weighted by molar-refractivity contribution is 0.0995. The molecular formula is C19H17NO2. The van der Waals surface area contributed by atoms with E-state index in [9.17, 15) is 4.79 Å². The first kappa shape index (κ1) is 14.1. The van der Waals surface area contributed by atoms with Gasteiger partial charge in [-0.2, -0.15) is 0 Å². The number of aryl methyl sites for hydroxylation is 1. The fraction of sp³-hybridized carbons (Fsp3) is 0.105. The summed E-state index contributed by atoms with van der Waals surface area (Å²) in [4.78, 5) is 12.2. The summed E-state index contributed by atoms with van der Waals surface area (Å²) in [5.41, 5.74) is 3.09. The molecule has 0 saturated carbocycles. The molecular weight excluding hydrogens is 274 g/mol. The van der Waals surface area contributed by atoms with Gasteiger partial charge < -0.3 is 9.73 Å². The Kier molecular flexibility index (Phi) is 4.05. The second-order valence-corrected chi connectivity index (χ2v) is 5.18. The van der Waals surface area contributed by atoms with E-state index in [2.05, 4.69) is 17.4 Å². The number of hydrogen-bond acceptors (Lipinski definition) is 2. The standard InChI is InChI=1S/C19H17NO2/c1-14-11-12-18(22-14)19(21)20-17-10-6-5-9-16(17)13-15-7-3-2-4-8-15/h2-12H,13H2,1H3,(H,20,21). The molecule has 1 aromatic heterocycles. The minimum absolute atomic E-state index is 0.228. The Morgan fingerprint density at radius 2 is 1.68 bits per heavy atom. The number of para-hydroxylation sites is 1. The largest absolute Gasteiger partial charge is 0.456 e. The lowest BCUT2D eigenvalue weighted by Gasteiger charge is -2.10. The number of amides is 1. The number of rotatable bonds is 4. The minimum atomic E-state index is -0.228. The van der Waals surface area contributed by atoms with E-state index in [1.807, 2.05) is 49.4 Å². The lowest BCUT2D eigenvalue weighted by atomic mass is 10.0. The average Bonchev–Trinajstić information content (AvgIpc) is 2.97. The van der Waals surface area contributed by atoms with Crippen LogP contribution >= 0.6 is 0 Å². The van der Waals surface area contributed by atoms with Gasteiger partial charge in [-0.15, -0.1) is 0 Å². The molecule has 3 rings (SSSR count).